The maximum atomic E-state index is 12.5. The van der Waals surface area contributed by atoms with Gasteiger partial charge in [-0.05, 0) is 30.0 Å². The molecule has 1 amide bonds. The fraction of sp³-hybridized carbons (Fsp3) is 0.222. The number of hydrogen-bond donors (Lipinski definition) is 1. The number of benzene rings is 1. The molecule has 0 unspecified atom stereocenters. The first-order chi connectivity index (χ1) is 14.8. The zero-order chi connectivity index (χ0) is 22.3. The molecule has 1 N–H and O–H groups in total. The summed E-state index contributed by atoms with van der Waals surface area (Å²) < 4.78 is 9.61. The molecule has 3 heterocycles. The number of carbonyl (C=O) groups excluding carboxylic acids is 1. The molecule has 0 atom stereocenters. The van der Waals surface area contributed by atoms with Crippen LogP contribution in [-0.2, 0) is 21.1 Å². The van der Waals surface area contributed by atoms with E-state index in [0.717, 1.165) is 4.57 Å². The van der Waals surface area contributed by atoms with Crippen LogP contribution >= 0.6 is 23.1 Å². The monoisotopic (exact) mass is 459 g/mol. The number of hydrogen-bond acceptors (Lipinski definition) is 9. The normalized spacial score (nSPS) is 11.1. The van der Waals surface area contributed by atoms with E-state index < -0.39 is 11.2 Å². The van der Waals surface area contributed by atoms with E-state index in [1.165, 1.54) is 41.8 Å². The van der Waals surface area contributed by atoms with Crippen molar-refractivity contribution in [2.45, 2.75) is 9.50 Å². The summed E-state index contributed by atoms with van der Waals surface area (Å²) in [6.45, 7) is 0. The van der Waals surface area contributed by atoms with E-state index >= 15 is 0 Å². The van der Waals surface area contributed by atoms with Crippen LogP contribution < -0.4 is 21.3 Å². The third kappa shape index (κ3) is 3.72. The number of nitrogens with zero attached hydrogens (tertiary/aromatic N) is 6. The molecule has 31 heavy (non-hydrogen) atoms. The van der Waals surface area contributed by atoms with Crippen molar-refractivity contribution in [1.82, 2.24) is 28.9 Å². The van der Waals surface area contributed by atoms with Crippen molar-refractivity contribution >= 4 is 45.3 Å². The number of amides is 1. The molecule has 4 aromatic rings. The highest BCUT2D eigenvalue weighted by atomic mass is 32.2. The number of methoxy groups -OCH3 is 1. The Morgan fingerprint density at radius 3 is 2.65 bits per heavy atom. The van der Waals surface area contributed by atoms with Crippen LogP contribution in [0.25, 0.3) is 11.2 Å². The number of carbonyl (C=O) groups is 1. The number of aromatic nitrogens is 6. The molecule has 4 rings (SSSR count). The average Bonchev–Trinajstić information content (AvgIpc) is 3.35. The summed E-state index contributed by atoms with van der Waals surface area (Å²) in [7, 11) is 6.20. The number of rotatable bonds is 5. The molecule has 13 heteroatoms. The number of imidazole rings is 1. The van der Waals surface area contributed by atoms with Gasteiger partial charge in [-0.2, -0.15) is 0 Å². The van der Waals surface area contributed by atoms with Gasteiger partial charge in [0.05, 0.1) is 7.11 Å². The molecule has 0 aliphatic heterocycles. The Morgan fingerprint density at radius 2 is 1.90 bits per heavy atom. The third-order valence-electron chi connectivity index (χ3n) is 4.57. The zero-order valence-electron chi connectivity index (χ0n) is 16.9. The predicted molar refractivity (Wildman–Crippen MR) is 116 cm³/mol. The molecule has 160 valence electrons. The van der Waals surface area contributed by atoms with Crippen LogP contribution in [0.2, 0.25) is 0 Å². The van der Waals surface area contributed by atoms with Gasteiger partial charge in [-0.15, -0.1) is 10.2 Å². The van der Waals surface area contributed by atoms with Crippen molar-refractivity contribution in [2.24, 2.45) is 21.1 Å². The molecule has 3 aromatic heterocycles. The smallest absolute Gasteiger partial charge is 0.332 e. The first kappa shape index (κ1) is 20.8. The lowest BCUT2D eigenvalue weighted by atomic mass is 10.2. The van der Waals surface area contributed by atoms with Crippen LogP contribution in [0.3, 0.4) is 0 Å². The Kier molecular flexibility index (Phi) is 5.37. The van der Waals surface area contributed by atoms with Gasteiger partial charge in [0.1, 0.15) is 5.75 Å². The molecule has 0 radical (unpaired) electrons. The number of nitrogens with one attached hydrogen (secondary N) is 1. The lowest BCUT2D eigenvalue weighted by Crippen LogP contribution is -2.37. The molecule has 0 spiro atoms. The Morgan fingerprint density at radius 1 is 1.13 bits per heavy atom. The summed E-state index contributed by atoms with van der Waals surface area (Å²) in [5, 5.41) is 11.5. The van der Waals surface area contributed by atoms with Gasteiger partial charge in [0.25, 0.3) is 11.5 Å². The minimum absolute atomic E-state index is 0.286. The number of anilines is 1. The van der Waals surface area contributed by atoms with E-state index in [4.69, 9.17) is 4.74 Å². The van der Waals surface area contributed by atoms with Crippen molar-refractivity contribution < 1.29 is 9.53 Å². The van der Waals surface area contributed by atoms with E-state index in [1.807, 2.05) is 0 Å². The van der Waals surface area contributed by atoms with Crippen LogP contribution in [0, 0.1) is 0 Å². The first-order valence-corrected chi connectivity index (χ1v) is 10.5. The Bertz CT molecular complexity index is 1430. The minimum atomic E-state index is -0.453. The van der Waals surface area contributed by atoms with Crippen LogP contribution in [0.1, 0.15) is 10.4 Å². The molecule has 0 saturated carbocycles. The summed E-state index contributed by atoms with van der Waals surface area (Å²) in [4.78, 5) is 41.5. The topological polar surface area (TPSA) is 126 Å². The molecule has 11 nitrogen and oxygen atoms in total. The van der Waals surface area contributed by atoms with Crippen LogP contribution in [0.5, 0.6) is 5.75 Å². The first-order valence-electron chi connectivity index (χ1n) is 8.89. The Labute approximate surface area is 183 Å². The van der Waals surface area contributed by atoms with Gasteiger partial charge in [-0.3, -0.25) is 24.0 Å². The number of aryl methyl sites for hydroxylation is 2. The number of fused-ring (bicyclic) bond motifs is 1. The van der Waals surface area contributed by atoms with Crippen molar-refractivity contribution in [3.63, 3.8) is 0 Å². The molecular weight excluding hydrogens is 442 g/mol. The van der Waals surface area contributed by atoms with E-state index in [-0.39, 0.29) is 11.6 Å². The highest BCUT2D eigenvalue weighted by molar-refractivity contribution is 8.01. The highest BCUT2D eigenvalue weighted by Gasteiger charge is 2.19. The maximum absolute atomic E-state index is 12.5. The van der Waals surface area contributed by atoms with Crippen molar-refractivity contribution in [2.75, 3.05) is 12.4 Å². The third-order valence-corrected chi connectivity index (χ3v) is 6.51. The molecule has 1 aromatic carbocycles. The van der Waals surface area contributed by atoms with Gasteiger partial charge in [0.15, 0.2) is 20.7 Å². The van der Waals surface area contributed by atoms with Crippen molar-refractivity contribution in [1.29, 1.82) is 0 Å². The SMILES string of the molecule is COc1cccc(C(=O)Nc2nnc(Sc3nc4c(c(=O)n(C)c(=O)n4C)n3C)s2)c1. The van der Waals surface area contributed by atoms with Crippen LogP contribution in [0.4, 0.5) is 5.13 Å². The zero-order valence-corrected chi connectivity index (χ0v) is 18.6. The highest BCUT2D eigenvalue weighted by Crippen LogP contribution is 2.32. The average molecular weight is 460 g/mol. The maximum Gasteiger partial charge on any atom is 0.332 e. The Hall–Kier alpha value is -3.45. The predicted octanol–water partition coefficient (Wildman–Crippen LogP) is 1.23. The fourth-order valence-corrected chi connectivity index (χ4v) is 4.60. The lowest BCUT2D eigenvalue weighted by molar-refractivity contribution is 0.102. The molecular formula is C18H17N7O4S2. The van der Waals surface area contributed by atoms with Gasteiger partial charge in [-0.25, -0.2) is 9.78 Å². The van der Waals surface area contributed by atoms with E-state index in [1.54, 1.807) is 42.9 Å². The van der Waals surface area contributed by atoms with Gasteiger partial charge < -0.3 is 9.30 Å². The summed E-state index contributed by atoms with van der Waals surface area (Å²) in [6.07, 6.45) is 0. The van der Waals surface area contributed by atoms with Gasteiger partial charge in [0, 0.05) is 26.7 Å². The number of ether oxygens (including phenoxy) is 1. The molecule has 0 bridgehead atoms. The molecule has 0 fully saturated rings. The molecule has 0 saturated heterocycles. The summed E-state index contributed by atoms with van der Waals surface area (Å²) in [5.41, 5.74) is 0.141. The van der Waals surface area contributed by atoms with Crippen LogP contribution in [0.15, 0.2) is 43.4 Å². The minimum Gasteiger partial charge on any atom is -0.497 e. The van der Waals surface area contributed by atoms with E-state index in [2.05, 4.69) is 20.5 Å². The van der Waals surface area contributed by atoms with Crippen molar-refractivity contribution in [3.05, 3.63) is 50.7 Å². The standard InChI is InChI=1S/C18H17N7O4S2/c1-23-11-12(24(2)18(28)25(3)14(11)27)19-16(23)31-17-22-21-15(30-17)20-13(26)9-6-5-7-10(8-9)29-4/h5-8H,1-4H3,(H,20,21,26). The van der Waals surface area contributed by atoms with E-state index in [9.17, 15) is 14.4 Å². The van der Waals surface area contributed by atoms with Crippen molar-refractivity contribution in [3.8, 4) is 5.75 Å². The second-order valence-electron chi connectivity index (χ2n) is 6.49. The summed E-state index contributed by atoms with van der Waals surface area (Å²) in [5.74, 6) is 0.233. The quantitative estimate of drug-likeness (QED) is 0.442. The second kappa shape index (κ2) is 8.00. The summed E-state index contributed by atoms with van der Waals surface area (Å²) in [6, 6.07) is 6.75. The largest absolute Gasteiger partial charge is 0.497 e. The summed E-state index contributed by atoms with van der Waals surface area (Å²) >= 11 is 2.35. The Balaban J connectivity index is 1.59. The second-order valence-corrected chi connectivity index (χ2v) is 8.68. The lowest BCUT2D eigenvalue weighted by Gasteiger charge is -2.03. The molecule has 0 aliphatic rings. The van der Waals surface area contributed by atoms with Crippen LogP contribution in [-0.4, -0.2) is 41.9 Å². The van der Waals surface area contributed by atoms with Gasteiger partial charge in [0.2, 0.25) is 5.13 Å². The van der Waals surface area contributed by atoms with Gasteiger partial charge >= 0.3 is 5.69 Å². The van der Waals surface area contributed by atoms with E-state index in [0.29, 0.717) is 31.5 Å². The molecule has 0 aliphatic carbocycles. The van der Waals surface area contributed by atoms with Gasteiger partial charge in [-0.1, -0.05) is 17.4 Å². The fourth-order valence-electron chi connectivity index (χ4n) is 2.90.